The Kier molecular flexibility index (Phi) is 4.61. The Balaban J connectivity index is 1.56. The van der Waals surface area contributed by atoms with Gasteiger partial charge in [-0.3, -0.25) is 4.90 Å². The van der Waals surface area contributed by atoms with Crippen molar-refractivity contribution < 1.29 is 4.74 Å². The zero-order chi connectivity index (χ0) is 15.4. The number of nitrogens with two attached hydrogens (primary N) is 2. The Morgan fingerprint density at radius 1 is 0.955 bits per heavy atom. The zero-order valence-corrected chi connectivity index (χ0v) is 12.7. The molecule has 4 heteroatoms. The van der Waals surface area contributed by atoms with Crippen molar-refractivity contribution in [2.75, 3.05) is 37.7 Å². The monoisotopic (exact) mass is 297 g/mol. The topological polar surface area (TPSA) is 64.5 Å². The SMILES string of the molecule is Nc1ccc(CCN2CCOC(c3ccc(N)cc3)C2)cc1. The average molecular weight is 297 g/mol. The zero-order valence-electron chi connectivity index (χ0n) is 12.7. The van der Waals surface area contributed by atoms with Crippen molar-refractivity contribution in [3.05, 3.63) is 59.7 Å². The van der Waals surface area contributed by atoms with E-state index in [1.54, 1.807) is 0 Å². The lowest BCUT2D eigenvalue weighted by molar-refractivity contribution is -0.0295. The van der Waals surface area contributed by atoms with Crippen LogP contribution in [0.5, 0.6) is 0 Å². The third-order valence-corrected chi connectivity index (χ3v) is 4.16. The maximum absolute atomic E-state index is 5.90. The highest BCUT2D eigenvalue weighted by molar-refractivity contribution is 5.40. The first kappa shape index (κ1) is 14.9. The van der Waals surface area contributed by atoms with E-state index in [0.29, 0.717) is 0 Å². The Morgan fingerprint density at radius 3 is 2.27 bits per heavy atom. The number of hydrogen-bond acceptors (Lipinski definition) is 4. The van der Waals surface area contributed by atoms with Crippen LogP contribution in [0.3, 0.4) is 0 Å². The number of hydrogen-bond donors (Lipinski definition) is 2. The predicted molar refractivity (Wildman–Crippen MR) is 90.5 cm³/mol. The summed E-state index contributed by atoms with van der Waals surface area (Å²) in [4.78, 5) is 2.46. The molecule has 1 saturated heterocycles. The molecule has 4 N–H and O–H groups in total. The van der Waals surface area contributed by atoms with Crippen LogP contribution in [0.15, 0.2) is 48.5 Å². The summed E-state index contributed by atoms with van der Waals surface area (Å²) in [7, 11) is 0. The number of benzene rings is 2. The van der Waals surface area contributed by atoms with Gasteiger partial charge in [-0.1, -0.05) is 24.3 Å². The predicted octanol–water partition coefficient (Wildman–Crippen LogP) is 2.47. The molecule has 2 aromatic rings. The van der Waals surface area contributed by atoms with E-state index in [2.05, 4.69) is 29.2 Å². The molecule has 0 bridgehead atoms. The molecule has 4 nitrogen and oxygen atoms in total. The van der Waals surface area contributed by atoms with Gasteiger partial charge in [0, 0.05) is 31.0 Å². The van der Waals surface area contributed by atoms with Gasteiger partial charge >= 0.3 is 0 Å². The van der Waals surface area contributed by atoms with Crippen LogP contribution in [-0.4, -0.2) is 31.1 Å². The number of anilines is 2. The minimum absolute atomic E-state index is 0.140. The highest BCUT2D eigenvalue weighted by atomic mass is 16.5. The van der Waals surface area contributed by atoms with Crippen LogP contribution < -0.4 is 11.5 Å². The molecule has 0 spiro atoms. The summed E-state index contributed by atoms with van der Waals surface area (Å²) in [5.41, 5.74) is 15.6. The summed E-state index contributed by atoms with van der Waals surface area (Å²) >= 11 is 0. The second-order valence-corrected chi connectivity index (χ2v) is 5.82. The molecule has 0 aromatic heterocycles. The first-order valence-corrected chi connectivity index (χ1v) is 7.74. The van der Waals surface area contributed by atoms with Crippen molar-refractivity contribution in [1.29, 1.82) is 0 Å². The molecule has 1 aliphatic rings. The minimum atomic E-state index is 0.140. The lowest BCUT2D eigenvalue weighted by Crippen LogP contribution is -2.39. The van der Waals surface area contributed by atoms with Crippen LogP contribution in [0.1, 0.15) is 17.2 Å². The smallest absolute Gasteiger partial charge is 0.0952 e. The molecule has 0 aliphatic carbocycles. The molecule has 116 valence electrons. The van der Waals surface area contributed by atoms with Gasteiger partial charge in [-0.2, -0.15) is 0 Å². The molecule has 0 saturated carbocycles. The van der Waals surface area contributed by atoms with Crippen LogP contribution in [0.4, 0.5) is 11.4 Å². The fourth-order valence-corrected chi connectivity index (χ4v) is 2.79. The highest BCUT2D eigenvalue weighted by Crippen LogP contribution is 2.23. The van der Waals surface area contributed by atoms with Crippen LogP contribution in [0.25, 0.3) is 0 Å². The van der Waals surface area contributed by atoms with E-state index >= 15 is 0 Å². The summed E-state index contributed by atoms with van der Waals surface area (Å²) in [6, 6.07) is 16.1. The van der Waals surface area contributed by atoms with Gasteiger partial charge in [0.2, 0.25) is 0 Å². The molecular formula is C18H23N3O. The van der Waals surface area contributed by atoms with Gasteiger partial charge in [0.1, 0.15) is 0 Å². The molecule has 1 fully saturated rings. The first-order valence-electron chi connectivity index (χ1n) is 7.74. The van der Waals surface area contributed by atoms with E-state index in [9.17, 15) is 0 Å². The molecule has 1 atom stereocenters. The molecular weight excluding hydrogens is 274 g/mol. The molecule has 0 radical (unpaired) electrons. The number of nitrogens with zero attached hydrogens (tertiary/aromatic N) is 1. The van der Waals surface area contributed by atoms with Crippen LogP contribution in [0.2, 0.25) is 0 Å². The molecule has 1 unspecified atom stereocenters. The second kappa shape index (κ2) is 6.81. The fraction of sp³-hybridized carbons (Fsp3) is 0.333. The summed E-state index contributed by atoms with van der Waals surface area (Å²) in [6.07, 6.45) is 1.18. The third-order valence-electron chi connectivity index (χ3n) is 4.16. The van der Waals surface area contributed by atoms with Crippen LogP contribution in [-0.2, 0) is 11.2 Å². The van der Waals surface area contributed by atoms with E-state index < -0.39 is 0 Å². The van der Waals surface area contributed by atoms with E-state index in [-0.39, 0.29) is 6.10 Å². The maximum Gasteiger partial charge on any atom is 0.0952 e. The molecule has 3 rings (SSSR count). The van der Waals surface area contributed by atoms with Crippen molar-refractivity contribution in [2.45, 2.75) is 12.5 Å². The van der Waals surface area contributed by atoms with E-state index in [4.69, 9.17) is 16.2 Å². The second-order valence-electron chi connectivity index (χ2n) is 5.82. The fourth-order valence-electron chi connectivity index (χ4n) is 2.79. The summed E-state index contributed by atoms with van der Waals surface area (Å²) < 4.78 is 5.90. The van der Waals surface area contributed by atoms with Crippen molar-refractivity contribution >= 4 is 11.4 Å². The third kappa shape index (κ3) is 3.78. The van der Waals surface area contributed by atoms with Crippen molar-refractivity contribution in [3.63, 3.8) is 0 Å². The van der Waals surface area contributed by atoms with Crippen molar-refractivity contribution in [1.82, 2.24) is 4.90 Å². The Bertz CT molecular complexity index is 595. The van der Waals surface area contributed by atoms with E-state index in [1.807, 2.05) is 24.3 Å². The average Bonchev–Trinajstić information content (AvgIpc) is 2.55. The van der Waals surface area contributed by atoms with E-state index in [1.165, 1.54) is 11.1 Å². The largest absolute Gasteiger partial charge is 0.399 e. The normalized spacial score (nSPS) is 19.2. The summed E-state index contributed by atoms with van der Waals surface area (Å²) in [6.45, 7) is 3.73. The molecule has 1 heterocycles. The molecule has 2 aromatic carbocycles. The lowest BCUT2D eigenvalue weighted by atomic mass is 10.1. The van der Waals surface area contributed by atoms with Gasteiger partial charge < -0.3 is 16.2 Å². The van der Waals surface area contributed by atoms with Gasteiger partial charge in [0.15, 0.2) is 0 Å². The van der Waals surface area contributed by atoms with Gasteiger partial charge in [0.05, 0.1) is 12.7 Å². The maximum atomic E-state index is 5.90. The number of ether oxygens (including phenoxy) is 1. The minimum Gasteiger partial charge on any atom is -0.399 e. The highest BCUT2D eigenvalue weighted by Gasteiger charge is 2.21. The van der Waals surface area contributed by atoms with Gasteiger partial charge in [-0.25, -0.2) is 0 Å². The molecule has 1 aliphatic heterocycles. The van der Waals surface area contributed by atoms with Crippen molar-refractivity contribution in [3.8, 4) is 0 Å². The first-order chi connectivity index (χ1) is 10.7. The van der Waals surface area contributed by atoms with Crippen LogP contribution in [0, 0.1) is 0 Å². The molecule has 22 heavy (non-hydrogen) atoms. The Hall–Kier alpha value is -2.04. The lowest BCUT2D eigenvalue weighted by Gasteiger charge is -2.33. The Labute approximate surface area is 131 Å². The van der Waals surface area contributed by atoms with E-state index in [0.717, 1.165) is 44.0 Å². The summed E-state index contributed by atoms with van der Waals surface area (Å²) in [5, 5.41) is 0. The summed E-state index contributed by atoms with van der Waals surface area (Å²) in [5.74, 6) is 0. The number of rotatable bonds is 4. The van der Waals surface area contributed by atoms with Gasteiger partial charge in [-0.05, 0) is 41.8 Å². The molecule has 0 amide bonds. The number of morpholine rings is 1. The Morgan fingerprint density at radius 2 is 1.59 bits per heavy atom. The number of nitrogen functional groups attached to an aromatic ring is 2. The van der Waals surface area contributed by atoms with Gasteiger partial charge in [0.25, 0.3) is 0 Å². The van der Waals surface area contributed by atoms with Gasteiger partial charge in [-0.15, -0.1) is 0 Å². The standard InChI is InChI=1S/C18H23N3O/c19-16-5-1-14(2-6-16)9-10-21-11-12-22-18(13-21)15-3-7-17(20)8-4-15/h1-8,18H,9-13,19-20H2. The van der Waals surface area contributed by atoms with Crippen LogP contribution >= 0.6 is 0 Å². The quantitative estimate of drug-likeness (QED) is 0.851. The van der Waals surface area contributed by atoms with Crippen molar-refractivity contribution in [2.24, 2.45) is 0 Å².